The van der Waals surface area contributed by atoms with Gasteiger partial charge in [-0.1, -0.05) is 0 Å². The number of rotatable bonds is 6. The van der Waals surface area contributed by atoms with Gasteiger partial charge in [-0.3, -0.25) is 0 Å². The average molecular weight is 269 g/mol. The second kappa shape index (κ2) is 6.02. The number of likely N-dealkylation sites (N-methyl/N-ethyl adjacent to an activating group) is 1. The smallest absolute Gasteiger partial charge is 0.203 e. The third kappa shape index (κ3) is 3.92. The third-order valence-corrected chi connectivity index (χ3v) is 2.71. The second-order valence-corrected chi connectivity index (χ2v) is 5.05. The Morgan fingerprint density at radius 3 is 1.84 bits per heavy atom. The summed E-state index contributed by atoms with van der Waals surface area (Å²) in [6.45, 7) is 4.02. The molecule has 19 heavy (non-hydrogen) atoms. The zero-order chi connectivity index (χ0) is 14.6. The molecule has 0 amide bonds. The Hall–Kier alpha value is -1.62. The third-order valence-electron chi connectivity index (χ3n) is 2.71. The molecule has 5 heteroatoms. The summed E-state index contributed by atoms with van der Waals surface area (Å²) >= 11 is 0. The van der Waals surface area contributed by atoms with Crippen LogP contribution in [-0.4, -0.2) is 45.6 Å². The first-order chi connectivity index (χ1) is 8.82. The van der Waals surface area contributed by atoms with E-state index in [0.29, 0.717) is 23.8 Å². The standard InChI is InChI=1S/C14H23NO4/c1-14(2,16)9-15(3)10-7-11(17-4)13(19-6)12(8-10)18-5/h7-8,16H,9H2,1-6H3. The van der Waals surface area contributed by atoms with Gasteiger partial charge in [0.25, 0.3) is 0 Å². The van der Waals surface area contributed by atoms with Crippen molar-refractivity contribution in [1.82, 2.24) is 0 Å². The Morgan fingerprint density at radius 1 is 1.05 bits per heavy atom. The lowest BCUT2D eigenvalue weighted by atomic mass is 10.1. The van der Waals surface area contributed by atoms with Crippen molar-refractivity contribution in [3.8, 4) is 17.2 Å². The molecule has 0 aliphatic carbocycles. The van der Waals surface area contributed by atoms with Gasteiger partial charge < -0.3 is 24.2 Å². The molecule has 0 unspecified atom stereocenters. The Morgan fingerprint density at radius 2 is 1.53 bits per heavy atom. The first kappa shape index (κ1) is 15.4. The predicted octanol–water partition coefficient (Wildman–Crippen LogP) is 1.92. The highest BCUT2D eigenvalue weighted by molar-refractivity contribution is 5.63. The van der Waals surface area contributed by atoms with E-state index < -0.39 is 5.60 Å². The van der Waals surface area contributed by atoms with E-state index in [2.05, 4.69) is 0 Å². The Labute approximate surface area is 114 Å². The number of anilines is 1. The lowest BCUT2D eigenvalue weighted by molar-refractivity contribution is 0.0886. The quantitative estimate of drug-likeness (QED) is 0.855. The van der Waals surface area contributed by atoms with E-state index in [1.54, 1.807) is 35.2 Å². The van der Waals surface area contributed by atoms with Gasteiger partial charge in [0.1, 0.15) is 0 Å². The SMILES string of the molecule is COc1cc(N(C)CC(C)(C)O)cc(OC)c1OC. The molecule has 1 rings (SSSR count). The Balaban J connectivity index is 3.15. The molecule has 0 heterocycles. The summed E-state index contributed by atoms with van der Waals surface area (Å²) in [6, 6.07) is 3.71. The van der Waals surface area contributed by atoms with E-state index in [0.717, 1.165) is 5.69 Å². The molecule has 108 valence electrons. The monoisotopic (exact) mass is 269 g/mol. The summed E-state index contributed by atoms with van der Waals surface area (Å²) in [6.07, 6.45) is 0. The number of benzene rings is 1. The van der Waals surface area contributed by atoms with Crippen molar-refractivity contribution in [2.75, 3.05) is 39.8 Å². The van der Waals surface area contributed by atoms with Crippen molar-refractivity contribution >= 4 is 5.69 Å². The van der Waals surface area contributed by atoms with Crippen LogP contribution in [-0.2, 0) is 0 Å². The van der Waals surface area contributed by atoms with Gasteiger partial charge in [-0.05, 0) is 13.8 Å². The summed E-state index contributed by atoms with van der Waals surface area (Å²) in [5, 5.41) is 9.87. The van der Waals surface area contributed by atoms with Gasteiger partial charge in [-0.25, -0.2) is 0 Å². The van der Waals surface area contributed by atoms with Crippen molar-refractivity contribution in [2.45, 2.75) is 19.4 Å². The van der Waals surface area contributed by atoms with E-state index >= 15 is 0 Å². The molecule has 0 fully saturated rings. The van der Waals surface area contributed by atoms with E-state index in [9.17, 15) is 5.11 Å². The van der Waals surface area contributed by atoms with E-state index in [-0.39, 0.29) is 0 Å². The average Bonchev–Trinajstić information content (AvgIpc) is 2.34. The van der Waals surface area contributed by atoms with Gasteiger partial charge in [0, 0.05) is 31.4 Å². The Bertz CT molecular complexity index is 401. The largest absolute Gasteiger partial charge is 0.493 e. The molecule has 5 nitrogen and oxygen atoms in total. The highest BCUT2D eigenvalue weighted by Gasteiger charge is 2.19. The molecule has 0 saturated carbocycles. The lowest BCUT2D eigenvalue weighted by Gasteiger charge is -2.28. The molecular formula is C14H23NO4. The molecule has 1 N–H and O–H groups in total. The number of hydrogen-bond donors (Lipinski definition) is 1. The maximum atomic E-state index is 9.87. The molecule has 0 aliphatic heterocycles. The zero-order valence-electron chi connectivity index (χ0n) is 12.5. The van der Waals surface area contributed by atoms with E-state index in [4.69, 9.17) is 14.2 Å². The number of methoxy groups -OCH3 is 3. The van der Waals surface area contributed by atoms with Gasteiger partial charge in [0.05, 0.1) is 26.9 Å². The zero-order valence-corrected chi connectivity index (χ0v) is 12.5. The van der Waals surface area contributed by atoms with Crippen molar-refractivity contribution in [1.29, 1.82) is 0 Å². The van der Waals surface area contributed by atoms with E-state index in [1.807, 2.05) is 24.1 Å². The van der Waals surface area contributed by atoms with Crippen molar-refractivity contribution in [3.05, 3.63) is 12.1 Å². The van der Waals surface area contributed by atoms with Crippen LogP contribution < -0.4 is 19.1 Å². The minimum Gasteiger partial charge on any atom is -0.493 e. The fraction of sp³-hybridized carbons (Fsp3) is 0.571. The highest BCUT2D eigenvalue weighted by Crippen LogP contribution is 2.40. The van der Waals surface area contributed by atoms with Crippen LogP contribution in [0.15, 0.2) is 12.1 Å². The van der Waals surface area contributed by atoms with Crippen LogP contribution in [0.4, 0.5) is 5.69 Å². The molecular weight excluding hydrogens is 246 g/mol. The van der Waals surface area contributed by atoms with Gasteiger partial charge in [0.15, 0.2) is 11.5 Å². The van der Waals surface area contributed by atoms with Crippen LogP contribution in [0, 0.1) is 0 Å². The van der Waals surface area contributed by atoms with Gasteiger partial charge in [0.2, 0.25) is 5.75 Å². The summed E-state index contributed by atoms with van der Waals surface area (Å²) in [5.41, 5.74) is 0.103. The normalized spacial score (nSPS) is 11.1. The van der Waals surface area contributed by atoms with Crippen LogP contribution in [0.1, 0.15) is 13.8 Å². The Kier molecular flexibility index (Phi) is 4.89. The first-order valence-corrected chi connectivity index (χ1v) is 6.06. The lowest BCUT2D eigenvalue weighted by Crippen LogP contribution is -2.36. The fourth-order valence-electron chi connectivity index (χ4n) is 1.96. The van der Waals surface area contributed by atoms with Gasteiger partial charge in [-0.2, -0.15) is 0 Å². The minimum atomic E-state index is -0.783. The minimum absolute atomic E-state index is 0.492. The van der Waals surface area contributed by atoms with Crippen LogP contribution in [0.5, 0.6) is 17.2 Å². The van der Waals surface area contributed by atoms with Gasteiger partial charge >= 0.3 is 0 Å². The molecule has 0 aromatic heterocycles. The molecule has 0 aliphatic rings. The van der Waals surface area contributed by atoms with Crippen molar-refractivity contribution < 1.29 is 19.3 Å². The molecule has 0 bridgehead atoms. The summed E-state index contributed by atoms with van der Waals surface area (Å²) < 4.78 is 15.9. The van der Waals surface area contributed by atoms with E-state index in [1.165, 1.54) is 0 Å². The number of ether oxygens (including phenoxy) is 3. The molecule has 1 aromatic carbocycles. The molecule has 1 aromatic rings. The highest BCUT2D eigenvalue weighted by atomic mass is 16.5. The summed E-state index contributed by atoms with van der Waals surface area (Å²) in [4.78, 5) is 1.94. The van der Waals surface area contributed by atoms with Crippen LogP contribution in [0.25, 0.3) is 0 Å². The summed E-state index contributed by atoms with van der Waals surface area (Å²) in [5.74, 6) is 1.75. The van der Waals surface area contributed by atoms with Crippen LogP contribution >= 0.6 is 0 Å². The molecule has 0 atom stereocenters. The first-order valence-electron chi connectivity index (χ1n) is 6.06. The maximum Gasteiger partial charge on any atom is 0.203 e. The molecule has 0 saturated heterocycles. The van der Waals surface area contributed by atoms with Crippen molar-refractivity contribution in [2.24, 2.45) is 0 Å². The number of aliphatic hydroxyl groups is 1. The summed E-state index contributed by atoms with van der Waals surface area (Å²) in [7, 11) is 6.63. The maximum absolute atomic E-state index is 9.87. The van der Waals surface area contributed by atoms with Gasteiger partial charge in [-0.15, -0.1) is 0 Å². The second-order valence-electron chi connectivity index (χ2n) is 5.05. The topological polar surface area (TPSA) is 51.2 Å². The number of hydrogen-bond acceptors (Lipinski definition) is 5. The number of nitrogens with zero attached hydrogens (tertiary/aromatic N) is 1. The van der Waals surface area contributed by atoms with Crippen LogP contribution in [0.2, 0.25) is 0 Å². The predicted molar refractivity (Wildman–Crippen MR) is 75.7 cm³/mol. The fourth-order valence-corrected chi connectivity index (χ4v) is 1.96. The van der Waals surface area contributed by atoms with Crippen LogP contribution in [0.3, 0.4) is 0 Å². The van der Waals surface area contributed by atoms with Crippen molar-refractivity contribution in [3.63, 3.8) is 0 Å². The molecule has 0 spiro atoms. The molecule has 0 radical (unpaired) electrons.